The number of nitrogens with one attached hydrogen (secondary N) is 1. The Labute approximate surface area is 129 Å². The van der Waals surface area contributed by atoms with Crippen LogP contribution in [0, 0.1) is 13.8 Å². The fourth-order valence-electron chi connectivity index (χ4n) is 1.93. The zero-order valence-electron chi connectivity index (χ0n) is 12.1. The molecule has 0 unspecified atom stereocenters. The Bertz CT molecular complexity index is 661. The van der Waals surface area contributed by atoms with Crippen LogP contribution < -0.4 is 11.1 Å². The first-order valence-electron chi connectivity index (χ1n) is 6.65. The number of aromatic nitrogens is 2. The summed E-state index contributed by atoms with van der Waals surface area (Å²) < 4.78 is 1.98. The van der Waals surface area contributed by atoms with Crippen LogP contribution in [0.2, 0.25) is 0 Å². The lowest BCUT2D eigenvalue weighted by atomic mass is 10.2. The third-order valence-corrected chi connectivity index (χ3v) is 3.61. The Morgan fingerprint density at radius 1 is 1.33 bits per heavy atom. The van der Waals surface area contributed by atoms with Crippen LogP contribution in [0.5, 0.6) is 0 Å². The summed E-state index contributed by atoms with van der Waals surface area (Å²) >= 11 is 4.88. The van der Waals surface area contributed by atoms with E-state index in [9.17, 15) is 4.79 Å². The molecule has 2 rings (SSSR count). The van der Waals surface area contributed by atoms with Gasteiger partial charge in [-0.1, -0.05) is 12.2 Å². The quantitative estimate of drug-likeness (QED) is 0.830. The average molecular weight is 302 g/mol. The molecule has 0 aliphatic rings. The number of thiocarbonyl (C=S) groups is 1. The lowest BCUT2D eigenvalue weighted by Gasteiger charge is -2.08. The highest BCUT2D eigenvalue weighted by Crippen LogP contribution is 2.11. The molecule has 0 spiro atoms. The molecular weight excluding hydrogens is 284 g/mol. The molecule has 0 radical (unpaired) electrons. The highest BCUT2D eigenvalue weighted by Gasteiger charge is 2.06. The molecule has 0 saturated carbocycles. The Morgan fingerprint density at radius 3 is 2.52 bits per heavy atom. The summed E-state index contributed by atoms with van der Waals surface area (Å²) in [7, 11) is 0. The lowest BCUT2D eigenvalue weighted by Crippen LogP contribution is -2.15. The van der Waals surface area contributed by atoms with Crippen molar-refractivity contribution in [3.8, 4) is 0 Å². The zero-order chi connectivity index (χ0) is 15.4. The maximum atomic E-state index is 11.9. The molecule has 0 bridgehead atoms. The number of hydrogen-bond acceptors (Lipinski definition) is 3. The number of imidazole rings is 1. The monoisotopic (exact) mass is 302 g/mol. The van der Waals surface area contributed by atoms with Gasteiger partial charge < -0.3 is 15.6 Å². The number of benzene rings is 1. The first-order valence-corrected chi connectivity index (χ1v) is 7.06. The van der Waals surface area contributed by atoms with E-state index < -0.39 is 0 Å². The van der Waals surface area contributed by atoms with Crippen LogP contribution in [-0.2, 0) is 11.3 Å². The molecular formula is C15H18N4OS. The van der Waals surface area contributed by atoms with Gasteiger partial charge in [-0.25, -0.2) is 4.98 Å². The second-order valence-corrected chi connectivity index (χ2v) is 5.29. The van der Waals surface area contributed by atoms with Crippen molar-refractivity contribution in [2.24, 2.45) is 5.73 Å². The van der Waals surface area contributed by atoms with Gasteiger partial charge in [0.25, 0.3) is 0 Å². The van der Waals surface area contributed by atoms with E-state index in [0.29, 0.717) is 18.0 Å². The maximum absolute atomic E-state index is 11.9. The first kappa shape index (κ1) is 15.2. The van der Waals surface area contributed by atoms with Crippen molar-refractivity contribution in [3.63, 3.8) is 0 Å². The Balaban J connectivity index is 1.89. The zero-order valence-corrected chi connectivity index (χ0v) is 12.9. The summed E-state index contributed by atoms with van der Waals surface area (Å²) in [6, 6.07) is 7.17. The predicted molar refractivity (Wildman–Crippen MR) is 87.3 cm³/mol. The Morgan fingerprint density at radius 2 is 2.00 bits per heavy atom. The fourth-order valence-corrected chi connectivity index (χ4v) is 2.07. The number of hydrogen-bond donors (Lipinski definition) is 2. The number of carbonyl (C=O) groups excluding carboxylic acids is 1. The van der Waals surface area contributed by atoms with E-state index in [4.69, 9.17) is 18.0 Å². The van der Waals surface area contributed by atoms with Crippen LogP contribution in [0.25, 0.3) is 0 Å². The number of nitrogens with zero attached hydrogens (tertiary/aromatic N) is 2. The third kappa shape index (κ3) is 3.88. The van der Waals surface area contributed by atoms with Gasteiger partial charge in [-0.2, -0.15) is 0 Å². The predicted octanol–water partition coefficient (Wildman–Crippen LogP) is 2.16. The van der Waals surface area contributed by atoms with E-state index in [1.807, 2.05) is 18.4 Å². The van der Waals surface area contributed by atoms with Crippen molar-refractivity contribution in [2.45, 2.75) is 26.8 Å². The second-order valence-electron chi connectivity index (χ2n) is 4.85. The second kappa shape index (κ2) is 6.49. The molecule has 5 nitrogen and oxygen atoms in total. The van der Waals surface area contributed by atoms with E-state index in [-0.39, 0.29) is 5.91 Å². The average Bonchev–Trinajstić information content (AvgIpc) is 2.77. The Kier molecular flexibility index (Phi) is 4.70. The van der Waals surface area contributed by atoms with Crippen molar-refractivity contribution in [1.29, 1.82) is 0 Å². The van der Waals surface area contributed by atoms with Crippen molar-refractivity contribution in [1.82, 2.24) is 9.55 Å². The minimum atomic E-state index is -0.0381. The molecule has 110 valence electrons. The van der Waals surface area contributed by atoms with Crippen molar-refractivity contribution >= 4 is 28.8 Å². The molecule has 0 saturated heterocycles. The molecule has 1 aromatic carbocycles. The van der Waals surface area contributed by atoms with E-state index in [2.05, 4.69) is 10.3 Å². The minimum absolute atomic E-state index is 0.0381. The van der Waals surface area contributed by atoms with Crippen LogP contribution >= 0.6 is 12.2 Å². The summed E-state index contributed by atoms with van der Waals surface area (Å²) in [6.45, 7) is 4.56. The molecule has 1 amide bonds. The van der Waals surface area contributed by atoms with Crippen LogP contribution in [0.1, 0.15) is 23.4 Å². The van der Waals surface area contributed by atoms with Crippen molar-refractivity contribution in [2.75, 3.05) is 5.32 Å². The third-order valence-electron chi connectivity index (χ3n) is 3.38. The molecule has 21 heavy (non-hydrogen) atoms. The molecule has 0 aliphatic heterocycles. The fraction of sp³-hybridized carbons (Fsp3) is 0.267. The topological polar surface area (TPSA) is 72.9 Å². The number of rotatable bonds is 5. The van der Waals surface area contributed by atoms with Gasteiger partial charge in [0.2, 0.25) is 5.91 Å². The number of nitrogens with two attached hydrogens (primary N) is 1. The molecule has 2 aromatic rings. The molecule has 0 aliphatic carbocycles. The van der Waals surface area contributed by atoms with Gasteiger partial charge >= 0.3 is 0 Å². The molecule has 0 atom stereocenters. The number of aryl methyl sites for hydroxylation is 2. The van der Waals surface area contributed by atoms with Crippen LogP contribution in [0.3, 0.4) is 0 Å². The van der Waals surface area contributed by atoms with Gasteiger partial charge in [0.15, 0.2) is 0 Å². The number of carbonyl (C=O) groups is 1. The van der Waals surface area contributed by atoms with Crippen molar-refractivity contribution < 1.29 is 4.79 Å². The van der Waals surface area contributed by atoms with Crippen LogP contribution in [-0.4, -0.2) is 20.4 Å². The van der Waals surface area contributed by atoms with E-state index >= 15 is 0 Å². The summed E-state index contributed by atoms with van der Waals surface area (Å²) in [5, 5.41) is 2.85. The summed E-state index contributed by atoms with van der Waals surface area (Å²) in [4.78, 5) is 16.5. The smallest absolute Gasteiger partial charge is 0.226 e. The number of amides is 1. The standard InChI is InChI=1S/C15H18N4OS/c1-10-11(2)19(9-17-10)8-7-14(20)18-13-5-3-12(4-6-13)15(16)21/h3-6,9H,7-8H2,1-2H3,(H2,16,21)(H,18,20). The molecule has 0 fully saturated rings. The van der Waals surface area contributed by atoms with Crippen molar-refractivity contribution in [3.05, 3.63) is 47.5 Å². The molecule has 6 heteroatoms. The molecule has 3 N–H and O–H groups in total. The molecule has 1 heterocycles. The maximum Gasteiger partial charge on any atom is 0.226 e. The molecule has 1 aromatic heterocycles. The first-order chi connectivity index (χ1) is 9.97. The highest BCUT2D eigenvalue weighted by molar-refractivity contribution is 7.80. The minimum Gasteiger partial charge on any atom is -0.389 e. The van der Waals surface area contributed by atoms with E-state index in [1.54, 1.807) is 30.6 Å². The summed E-state index contributed by atoms with van der Waals surface area (Å²) in [5.41, 5.74) is 9.12. The highest BCUT2D eigenvalue weighted by atomic mass is 32.1. The van der Waals surface area contributed by atoms with Crippen LogP contribution in [0.15, 0.2) is 30.6 Å². The lowest BCUT2D eigenvalue weighted by molar-refractivity contribution is -0.116. The Hall–Kier alpha value is -2.21. The van der Waals surface area contributed by atoms with E-state index in [1.165, 1.54) is 0 Å². The van der Waals surface area contributed by atoms with Gasteiger partial charge in [0, 0.05) is 29.9 Å². The SMILES string of the molecule is Cc1ncn(CCC(=O)Nc2ccc(C(N)=S)cc2)c1C. The van der Waals surface area contributed by atoms with Gasteiger partial charge in [-0.3, -0.25) is 4.79 Å². The number of anilines is 1. The van der Waals surface area contributed by atoms with E-state index in [0.717, 1.165) is 22.6 Å². The van der Waals surface area contributed by atoms with Gasteiger partial charge in [-0.15, -0.1) is 0 Å². The summed E-state index contributed by atoms with van der Waals surface area (Å²) in [5.74, 6) is -0.0381. The van der Waals surface area contributed by atoms with Gasteiger partial charge in [-0.05, 0) is 38.1 Å². The van der Waals surface area contributed by atoms with Gasteiger partial charge in [0.1, 0.15) is 4.99 Å². The van der Waals surface area contributed by atoms with Crippen LogP contribution in [0.4, 0.5) is 5.69 Å². The van der Waals surface area contributed by atoms with Gasteiger partial charge in [0.05, 0.1) is 12.0 Å². The largest absolute Gasteiger partial charge is 0.389 e. The normalized spacial score (nSPS) is 10.4. The summed E-state index contributed by atoms with van der Waals surface area (Å²) in [6.07, 6.45) is 2.16.